The van der Waals surface area contributed by atoms with Gasteiger partial charge in [-0.2, -0.15) is 5.10 Å². The molecule has 0 unspecified atom stereocenters. The minimum Gasteiger partial charge on any atom is -0.496 e. The van der Waals surface area contributed by atoms with Crippen molar-refractivity contribution < 1.29 is 23.7 Å². The van der Waals surface area contributed by atoms with Crippen molar-refractivity contribution in [1.29, 1.82) is 0 Å². The number of hydrogen-bond acceptors (Lipinski definition) is 7. The third-order valence-corrected chi connectivity index (χ3v) is 4.97. The average molecular weight is 428 g/mol. The molecule has 0 aliphatic carbocycles. The lowest BCUT2D eigenvalue weighted by Crippen LogP contribution is -2.35. The van der Waals surface area contributed by atoms with E-state index in [2.05, 4.69) is 15.4 Å². The number of hydrogen-bond donors (Lipinski definition) is 1. The third kappa shape index (κ3) is 6.44. The molecule has 3 rings (SSSR count). The molecule has 31 heavy (non-hydrogen) atoms. The zero-order valence-electron chi connectivity index (χ0n) is 18.2. The summed E-state index contributed by atoms with van der Waals surface area (Å²) in [7, 11) is 3.22. The van der Waals surface area contributed by atoms with Gasteiger partial charge in [-0.1, -0.05) is 12.1 Å². The molecule has 0 aromatic heterocycles. The van der Waals surface area contributed by atoms with Crippen molar-refractivity contribution in [2.45, 2.75) is 13.5 Å². The normalized spacial score (nSPS) is 14.7. The molecule has 2 aromatic rings. The van der Waals surface area contributed by atoms with Crippen LogP contribution in [0.2, 0.25) is 0 Å². The summed E-state index contributed by atoms with van der Waals surface area (Å²) < 4.78 is 21.7. The Bertz CT molecular complexity index is 910. The SMILES string of the molecule is COc1ccc(/C(C)=N\NC(=O)COc2ccccc2OC)cc1CN1CCOCC1. The van der Waals surface area contributed by atoms with Crippen LogP contribution in [-0.2, 0) is 16.1 Å². The zero-order chi connectivity index (χ0) is 22.1. The zero-order valence-corrected chi connectivity index (χ0v) is 18.2. The van der Waals surface area contributed by atoms with Crippen molar-refractivity contribution in [2.24, 2.45) is 5.10 Å². The quantitative estimate of drug-likeness (QED) is 0.489. The van der Waals surface area contributed by atoms with Gasteiger partial charge in [-0.3, -0.25) is 9.69 Å². The molecule has 166 valence electrons. The van der Waals surface area contributed by atoms with E-state index in [4.69, 9.17) is 18.9 Å². The van der Waals surface area contributed by atoms with Crippen molar-refractivity contribution in [3.63, 3.8) is 0 Å². The number of benzene rings is 2. The molecular weight excluding hydrogens is 398 g/mol. The van der Waals surface area contributed by atoms with Gasteiger partial charge in [-0.05, 0) is 42.8 Å². The molecular formula is C23H29N3O5. The van der Waals surface area contributed by atoms with Crippen LogP contribution >= 0.6 is 0 Å². The van der Waals surface area contributed by atoms with Gasteiger partial charge >= 0.3 is 0 Å². The number of carbonyl (C=O) groups is 1. The fourth-order valence-corrected chi connectivity index (χ4v) is 3.25. The van der Waals surface area contributed by atoms with E-state index >= 15 is 0 Å². The molecule has 1 N–H and O–H groups in total. The standard InChI is InChI=1S/C23H29N3O5/c1-17(24-25-23(27)16-31-22-7-5-4-6-21(22)29-3)18-8-9-20(28-2)19(14-18)15-26-10-12-30-13-11-26/h4-9,14H,10-13,15-16H2,1-3H3,(H,25,27)/b24-17-. The highest BCUT2D eigenvalue weighted by Gasteiger charge is 2.14. The number of hydrazone groups is 1. The fourth-order valence-electron chi connectivity index (χ4n) is 3.25. The van der Waals surface area contributed by atoms with Crippen LogP contribution in [0.4, 0.5) is 0 Å². The lowest BCUT2D eigenvalue weighted by molar-refractivity contribution is -0.123. The van der Waals surface area contributed by atoms with E-state index in [9.17, 15) is 4.79 Å². The number of para-hydroxylation sites is 2. The molecule has 0 bridgehead atoms. The molecule has 8 nitrogen and oxygen atoms in total. The first-order valence-electron chi connectivity index (χ1n) is 10.2. The Morgan fingerprint density at radius 3 is 2.48 bits per heavy atom. The first-order chi connectivity index (χ1) is 15.1. The second kappa shape index (κ2) is 11.3. The summed E-state index contributed by atoms with van der Waals surface area (Å²) in [6.07, 6.45) is 0. The predicted molar refractivity (Wildman–Crippen MR) is 118 cm³/mol. The van der Waals surface area contributed by atoms with Crippen LogP contribution in [0.25, 0.3) is 0 Å². The monoisotopic (exact) mass is 427 g/mol. The molecule has 1 heterocycles. The molecule has 1 aliphatic heterocycles. The minimum atomic E-state index is -0.354. The van der Waals surface area contributed by atoms with Crippen LogP contribution in [0.15, 0.2) is 47.6 Å². The van der Waals surface area contributed by atoms with E-state index in [1.807, 2.05) is 37.3 Å². The molecule has 1 aliphatic rings. The van der Waals surface area contributed by atoms with Gasteiger partial charge in [0.2, 0.25) is 0 Å². The molecule has 0 spiro atoms. The lowest BCUT2D eigenvalue weighted by atomic mass is 10.1. The molecule has 1 saturated heterocycles. The van der Waals surface area contributed by atoms with Gasteiger partial charge in [0.1, 0.15) is 5.75 Å². The summed E-state index contributed by atoms with van der Waals surface area (Å²) in [5.74, 6) is 1.55. The minimum absolute atomic E-state index is 0.165. The van der Waals surface area contributed by atoms with Gasteiger partial charge in [0, 0.05) is 25.2 Å². The smallest absolute Gasteiger partial charge is 0.277 e. The largest absolute Gasteiger partial charge is 0.496 e. The second-order valence-corrected chi connectivity index (χ2v) is 7.09. The first kappa shape index (κ1) is 22.6. The van der Waals surface area contributed by atoms with Gasteiger partial charge < -0.3 is 18.9 Å². The Balaban J connectivity index is 1.61. The Hall–Kier alpha value is -3.10. The van der Waals surface area contributed by atoms with E-state index in [1.165, 1.54) is 0 Å². The molecule has 0 saturated carbocycles. The van der Waals surface area contributed by atoms with E-state index in [0.29, 0.717) is 17.2 Å². The molecule has 2 aromatic carbocycles. The number of nitrogens with one attached hydrogen (secondary N) is 1. The number of ether oxygens (including phenoxy) is 4. The summed E-state index contributed by atoms with van der Waals surface area (Å²) in [5.41, 5.74) is 5.22. The number of morpholine rings is 1. The van der Waals surface area contributed by atoms with Gasteiger partial charge in [0.15, 0.2) is 18.1 Å². The van der Waals surface area contributed by atoms with Crippen LogP contribution in [0.5, 0.6) is 17.2 Å². The maximum atomic E-state index is 12.2. The van der Waals surface area contributed by atoms with Crippen molar-refractivity contribution in [2.75, 3.05) is 47.1 Å². The molecule has 1 amide bonds. The van der Waals surface area contributed by atoms with Gasteiger partial charge in [0.05, 0.1) is 33.1 Å². The van der Waals surface area contributed by atoms with Crippen LogP contribution in [0.1, 0.15) is 18.1 Å². The van der Waals surface area contributed by atoms with Gasteiger partial charge in [-0.15, -0.1) is 0 Å². The molecule has 8 heteroatoms. The van der Waals surface area contributed by atoms with E-state index in [0.717, 1.165) is 49.7 Å². The molecule has 0 radical (unpaired) electrons. The maximum Gasteiger partial charge on any atom is 0.277 e. The Morgan fingerprint density at radius 2 is 1.77 bits per heavy atom. The Labute approximate surface area is 182 Å². The number of methoxy groups -OCH3 is 2. The molecule has 0 atom stereocenters. The first-order valence-corrected chi connectivity index (χ1v) is 10.2. The van der Waals surface area contributed by atoms with Crippen molar-refractivity contribution in [1.82, 2.24) is 10.3 Å². The summed E-state index contributed by atoms with van der Waals surface area (Å²) in [4.78, 5) is 14.5. The fraction of sp³-hybridized carbons (Fsp3) is 0.391. The topological polar surface area (TPSA) is 81.6 Å². The number of nitrogens with zero attached hydrogens (tertiary/aromatic N) is 2. The Kier molecular flexibility index (Phi) is 8.26. The lowest BCUT2D eigenvalue weighted by Gasteiger charge is -2.27. The van der Waals surface area contributed by atoms with Crippen LogP contribution in [-0.4, -0.2) is 63.6 Å². The van der Waals surface area contributed by atoms with E-state index in [1.54, 1.807) is 26.4 Å². The van der Waals surface area contributed by atoms with Crippen LogP contribution < -0.4 is 19.6 Å². The summed E-state index contributed by atoms with van der Waals surface area (Å²) in [6.45, 7) is 5.72. The van der Waals surface area contributed by atoms with E-state index in [-0.39, 0.29) is 12.5 Å². The third-order valence-electron chi connectivity index (χ3n) is 4.97. The van der Waals surface area contributed by atoms with Crippen molar-refractivity contribution >= 4 is 11.6 Å². The summed E-state index contributed by atoms with van der Waals surface area (Å²) in [5, 5.41) is 4.22. The maximum absolute atomic E-state index is 12.2. The van der Waals surface area contributed by atoms with Crippen molar-refractivity contribution in [3.05, 3.63) is 53.6 Å². The highest BCUT2D eigenvalue weighted by Crippen LogP contribution is 2.25. The average Bonchev–Trinajstić information content (AvgIpc) is 2.82. The number of carbonyl (C=O) groups excluding carboxylic acids is 1. The summed E-state index contributed by atoms with van der Waals surface area (Å²) >= 11 is 0. The Morgan fingerprint density at radius 1 is 1.06 bits per heavy atom. The van der Waals surface area contributed by atoms with Crippen LogP contribution in [0.3, 0.4) is 0 Å². The highest BCUT2D eigenvalue weighted by atomic mass is 16.5. The predicted octanol–water partition coefficient (Wildman–Crippen LogP) is 2.46. The van der Waals surface area contributed by atoms with E-state index < -0.39 is 0 Å². The van der Waals surface area contributed by atoms with Gasteiger partial charge in [0.25, 0.3) is 5.91 Å². The second-order valence-electron chi connectivity index (χ2n) is 7.09. The van der Waals surface area contributed by atoms with Gasteiger partial charge in [-0.25, -0.2) is 5.43 Å². The highest BCUT2D eigenvalue weighted by molar-refractivity contribution is 5.99. The molecule has 1 fully saturated rings. The van der Waals surface area contributed by atoms with Crippen molar-refractivity contribution in [3.8, 4) is 17.2 Å². The number of amides is 1. The van der Waals surface area contributed by atoms with Crippen LogP contribution in [0, 0.1) is 0 Å². The number of rotatable bonds is 9. The summed E-state index contributed by atoms with van der Waals surface area (Å²) in [6, 6.07) is 13.1.